The normalized spacial score (nSPS) is 20.7. The van der Waals surface area contributed by atoms with E-state index in [1.165, 1.54) is 13.8 Å². The maximum Gasteiger partial charge on any atom is 3.00 e. The summed E-state index contributed by atoms with van der Waals surface area (Å²) in [5, 5.41) is 8.82. The molecule has 54 heavy (non-hydrogen) atoms. The minimum Gasteiger partial charge on any atom is -0.360 e. The monoisotopic (exact) mass is 825 g/mol. The topological polar surface area (TPSA) is 175 Å². The van der Waals surface area contributed by atoms with Gasteiger partial charge >= 0.3 is 32.7 Å². The number of Topliss-reactive ketones (excluding diaryl/α,β-unsaturated/α-hetero) is 3. The molecule has 4 N–H and O–H groups in total. The number of amides is 4. The molecule has 2 aliphatic carbocycles. The van der Waals surface area contributed by atoms with Gasteiger partial charge in [0.2, 0.25) is 23.5 Å². The molecule has 4 unspecified atom stereocenters. The van der Waals surface area contributed by atoms with Crippen LogP contribution in [0.3, 0.4) is 0 Å². The molecular weight excluding hydrogens is 763 g/mol. The summed E-state index contributed by atoms with van der Waals surface area (Å²) in [4.78, 5) is 99.5. The quantitative estimate of drug-likeness (QED) is 0.120. The molecule has 12 nitrogen and oxygen atoms in total. The molecule has 3 fully saturated rings. The van der Waals surface area contributed by atoms with Crippen molar-refractivity contribution in [2.45, 2.75) is 164 Å². The second-order valence-electron chi connectivity index (χ2n) is 17.0. The molecule has 4 rings (SSSR count). The minimum atomic E-state index is -1.06. The number of aryl methyl sites for hydroxylation is 1. The van der Waals surface area contributed by atoms with Crippen molar-refractivity contribution in [3.8, 4) is 0 Å². The van der Waals surface area contributed by atoms with Gasteiger partial charge in [-0.3, -0.25) is 39.5 Å². The molecule has 0 bridgehead atoms. The molecule has 294 valence electrons. The Balaban J connectivity index is 0.00000784. The van der Waals surface area contributed by atoms with E-state index in [0.717, 1.165) is 70.1 Å². The molecule has 1 aliphatic heterocycles. The van der Waals surface area contributed by atoms with Crippen LogP contribution in [0.2, 0.25) is 0 Å². The Kier molecular flexibility index (Phi) is 16.0. The Morgan fingerprint density at radius 3 is 2.04 bits per heavy atom. The van der Waals surface area contributed by atoms with E-state index in [9.17, 15) is 33.6 Å². The third-order valence-electron chi connectivity index (χ3n) is 12.1. The van der Waals surface area contributed by atoms with Gasteiger partial charge in [0.25, 0.3) is 5.91 Å². The number of nitrogens with zero attached hydrogens (tertiary/aromatic N) is 1. The van der Waals surface area contributed by atoms with Crippen LogP contribution in [0.1, 0.15) is 158 Å². The minimum absolute atomic E-state index is 0. The second kappa shape index (κ2) is 18.9. The van der Waals surface area contributed by atoms with Crippen molar-refractivity contribution in [3.05, 3.63) is 28.4 Å². The third kappa shape index (κ3) is 9.98. The molecule has 1 saturated heterocycles. The van der Waals surface area contributed by atoms with Gasteiger partial charge in [0.15, 0.2) is 11.6 Å². The van der Waals surface area contributed by atoms with Gasteiger partial charge in [-0.1, -0.05) is 85.5 Å². The number of nitrogens with one attached hydrogen (secondary N) is 4. The van der Waals surface area contributed by atoms with Crippen LogP contribution in [-0.2, 0) is 56.7 Å². The molecule has 4 atom stereocenters. The van der Waals surface area contributed by atoms with Crippen molar-refractivity contribution in [1.82, 2.24) is 25.8 Å². The summed E-state index contributed by atoms with van der Waals surface area (Å²) < 4.78 is 0. The van der Waals surface area contributed by atoms with Gasteiger partial charge in [-0.2, -0.15) is 6.92 Å². The Bertz CT molecular complexity index is 1580. The molecule has 2 heterocycles. The van der Waals surface area contributed by atoms with E-state index in [-0.39, 0.29) is 55.5 Å². The van der Waals surface area contributed by atoms with Crippen molar-refractivity contribution < 1.29 is 66.3 Å². The number of rotatable bonds is 13. The fraction of sp³-hybridized carbons (Fsp3) is 0.707. The molecule has 3 aliphatic rings. The van der Waals surface area contributed by atoms with E-state index in [1.54, 1.807) is 18.7 Å². The first-order valence-electron chi connectivity index (χ1n) is 19.7. The summed E-state index contributed by atoms with van der Waals surface area (Å²) in [5.41, 5.74) is 0.597. The van der Waals surface area contributed by atoms with Gasteiger partial charge in [-0.05, 0) is 69.5 Å². The number of ketones is 3. The molecule has 2 saturated carbocycles. The number of carbonyl (C=O) groups excluding carboxylic acids is 7. The van der Waals surface area contributed by atoms with Crippen LogP contribution in [0.15, 0.2) is 0 Å². The Morgan fingerprint density at radius 1 is 0.907 bits per heavy atom. The van der Waals surface area contributed by atoms with Gasteiger partial charge in [-0.15, -0.1) is 5.41 Å². The number of hydrogen-bond acceptors (Lipinski definition) is 7. The number of likely N-dealkylation sites (tertiary alicyclic amines) is 1. The van der Waals surface area contributed by atoms with Crippen molar-refractivity contribution in [1.29, 1.82) is 0 Å². The standard InChI is InChI=1S/C41H62N5O7.Y/c1-10-17-29(34(49)27(6)48)43-38(52)33-24(3)41(20-15-12-16-21-41)22-46(33)39(53)35(40(7,8)9)45-36(50)31(28-18-13-11-14-19-28)44-37(51)32-30(26(5)47)23(2)25(4)42-32;/h28-29,31,33,35,42H,10-22H2,1-9H3,(H,43,52)(H,44,51)(H,45,50);/q-1;+3. The van der Waals surface area contributed by atoms with E-state index < -0.39 is 64.8 Å². The average molecular weight is 826 g/mol. The predicted octanol–water partition coefficient (Wildman–Crippen LogP) is 5.24. The van der Waals surface area contributed by atoms with E-state index in [0.29, 0.717) is 36.2 Å². The fourth-order valence-corrected chi connectivity index (χ4v) is 8.90. The second-order valence-corrected chi connectivity index (χ2v) is 17.0. The zero-order valence-corrected chi connectivity index (χ0v) is 36.8. The SMILES string of the molecule is CCCC(NC(=O)C1[C-](C)C2(CCCCC2)CN1C(=O)C(NC(=O)C(NC(=O)c1[nH]c(C)c(C)c1C(C)=O)C1CCCCC1)C(C)(C)C)C(=O)C(C)=O.[Y+3]. The molecular formula is C41H62N5O7Y+2. The number of hydrogen-bond donors (Lipinski definition) is 4. The van der Waals surface area contributed by atoms with E-state index in [2.05, 4.69) is 20.9 Å². The maximum atomic E-state index is 14.9. The number of aromatic amines is 1. The largest absolute Gasteiger partial charge is 3.00 e. The van der Waals surface area contributed by atoms with Crippen molar-refractivity contribution >= 4 is 41.0 Å². The first kappa shape index (κ1) is 45.7. The van der Waals surface area contributed by atoms with Gasteiger partial charge in [0.1, 0.15) is 17.8 Å². The van der Waals surface area contributed by atoms with Crippen LogP contribution in [-0.4, -0.2) is 81.6 Å². The van der Waals surface area contributed by atoms with Crippen LogP contribution >= 0.6 is 0 Å². The molecule has 1 spiro atoms. The van der Waals surface area contributed by atoms with Crippen LogP contribution in [0.25, 0.3) is 0 Å². The Hall–Kier alpha value is -2.73. The average Bonchev–Trinajstić information content (AvgIpc) is 3.56. The van der Waals surface area contributed by atoms with Gasteiger partial charge in [0.05, 0.1) is 11.6 Å². The van der Waals surface area contributed by atoms with Crippen LogP contribution < -0.4 is 16.0 Å². The molecule has 1 aromatic rings. The fourth-order valence-electron chi connectivity index (χ4n) is 8.90. The number of aromatic nitrogens is 1. The molecule has 0 radical (unpaired) electrons. The first-order valence-corrected chi connectivity index (χ1v) is 19.7. The van der Waals surface area contributed by atoms with E-state index in [1.807, 2.05) is 34.6 Å². The zero-order valence-electron chi connectivity index (χ0n) is 34.0. The third-order valence-corrected chi connectivity index (χ3v) is 12.1. The van der Waals surface area contributed by atoms with Gasteiger partial charge in [0, 0.05) is 12.6 Å². The first-order chi connectivity index (χ1) is 24.8. The summed E-state index contributed by atoms with van der Waals surface area (Å²) >= 11 is 0. The smallest absolute Gasteiger partial charge is 0.360 e. The van der Waals surface area contributed by atoms with Gasteiger partial charge < -0.3 is 25.8 Å². The Morgan fingerprint density at radius 2 is 1.50 bits per heavy atom. The number of H-pyrrole nitrogens is 1. The van der Waals surface area contributed by atoms with Crippen molar-refractivity contribution in [3.63, 3.8) is 0 Å². The number of carbonyl (C=O) groups is 7. The van der Waals surface area contributed by atoms with E-state index >= 15 is 0 Å². The molecule has 4 amide bonds. The Labute approximate surface area is 346 Å². The van der Waals surface area contributed by atoms with E-state index in [4.69, 9.17) is 0 Å². The summed E-state index contributed by atoms with van der Waals surface area (Å²) in [6, 6.07) is -4.01. The summed E-state index contributed by atoms with van der Waals surface area (Å²) in [5.74, 6) is -2.85. The molecule has 0 aromatic carbocycles. The summed E-state index contributed by atoms with van der Waals surface area (Å²) in [6.07, 6.45) is 9.75. The van der Waals surface area contributed by atoms with Crippen molar-refractivity contribution in [2.75, 3.05) is 6.54 Å². The summed E-state index contributed by atoms with van der Waals surface area (Å²) in [7, 11) is 0. The summed E-state index contributed by atoms with van der Waals surface area (Å²) in [6.45, 7) is 15.8. The van der Waals surface area contributed by atoms with Crippen LogP contribution in [0, 0.1) is 36.5 Å². The molecule has 13 heteroatoms. The predicted molar refractivity (Wildman–Crippen MR) is 202 cm³/mol. The molecule has 1 aromatic heterocycles. The zero-order chi connectivity index (χ0) is 39.4. The van der Waals surface area contributed by atoms with Crippen LogP contribution in [0.5, 0.6) is 0 Å². The van der Waals surface area contributed by atoms with Gasteiger partial charge in [-0.25, -0.2) is 0 Å². The maximum absolute atomic E-state index is 14.9. The van der Waals surface area contributed by atoms with Crippen molar-refractivity contribution in [2.24, 2.45) is 16.7 Å². The van der Waals surface area contributed by atoms with Crippen LogP contribution in [0.4, 0.5) is 0 Å².